The van der Waals surface area contributed by atoms with E-state index in [1.54, 1.807) is 24.3 Å². The van der Waals surface area contributed by atoms with Crippen molar-refractivity contribution in [2.45, 2.75) is 20.0 Å². The maximum absolute atomic E-state index is 12.0. The topological polar surface area (TPSA) is 78.8 Å². The lowest BCUT2D eigenvalue weighted by Gasteiger charge is -2.11. The van der Waals surface area contributed by atoms with E-state index in [2.05, 4.69) is 5.32 Å². The molecule has 0 fully saturated rings. The molecule has 0 aliphatic heterocycles. The number of aromatic hydroxyl groups is 2. The molecule has 1 amide bonds. The number of rotatable bonds is 4. The van der Waals surface area contributed by atoms with E-state index in [1.165, 1.54) is 18.2 Å². The van der Waals surface area contributed by atoms with Crippen LogP contribution >= 0.6 is 0 Å². The van der Waals surface area contributed by atoms with Gasteiger partial charge in [0.1, 0.15) is 5.75 Å². The van der Waals surface area contributed by atoms with Crippen LogP contribution in [0.5, 0.6) is 17.2 Å². The zero-order valence-electron chi connectivity index (χ0n) is 11.8. The number of carbonyl (C=O) groups is 1. The Bertz CT molecular complexity index is 635. The van der Waals surface area contributed by atoms with E-state index in [-0.39, 0.29) is 17.4 Å². The summed E-state index contributed by atoms with van der Waals surface area (Å²) in [6, 6.07) is 11.1. The number of hydrogen-bond acceptors (Lipinski definition) is 4. The lowest BCUT2D eigenvalue weighted by Crippen LogP contribution is -2.12. The average molecular weight is 287 g/mol. The number of nitrogens with one attached hydrogen (secondary N) is 1. The Kier molecular flexibility index (Phi) is 4.33. The molecule has 21 heavy (non-hydrogen) atoms. The molecular formula is C16H17NO4. The standard InChI is InChI=1S/C16H17NO4/c1-10(2)21-12-8-6-11(7-9-12)17-16(20)13-4-3-5-14(18)15(13)19/h3-10,18-19H,1-2H3,(H,17,20). The lowest BCUT2D eigenvalue weighted by molar-refractivity contribution is 0.102. The first-order chi connectivity index (χ1) is 9.97. The molecule has 2 rings (SSSR count). The molecule has 0 aliphatic carbocycles. The summed E-state index contributed by atoms with van der Waals surface area (Å²) in [5.41, 5.74) is 0.580. The molecule has 0 saturated heterocycles. The van der Waals surface area contributed by atoms with Crippen LogP contribution in [0.15, 0.2) is 42.5 Å². The number of anilines is 1. The zero-order valence-corrected chi connectivity index (χ0v) is 11.8. The number of benzene rings is 2. The highest BCUT2D eigenvalue weighted by atomic mass is 16.5. The molecule has 0 bridgehead atoms. The van der Waals surface area contributed by atoms with Crippen LogP contribution in [0.25, 0.3) is 0 Å². The van der Waals surface area contributed by atoms with E-state index in [9.17, 15) is 15.0 Å². The van der Waals surface area contributed by atoms with Gasteiger partial charge in [-0.3, -0.25) is 4.79 Å². The summed E-state index contributed by atoms with van der Waals surface area (Å²) in [7, 11) is 0. The second-order valence-electron chi connectivity index (χ2n) is 4.82. The van der Waals surface area contributed by atoms with Gasteiger partial charge in [-0.1, -0.05) is 6.07 Å². The molecule has 0 spiro atoms. The number of para-hydroxylation sites is 1. The van der Waals surface area contributed by atoms with Crippen molar-refractivity contribution in [1.29, 1.82) is 0 Å². The van der Waals surface area contributed by atoms with Gasteiger partial charge in [0.25, 0.3) is 5.91 Å². The number of phenols is 2. The third-order valence-corrected chi connectivity index (χ3v) is 2.74. The van der Waals surface area contributed by atoms with Gasteiger partial charge in [-0.25, -0.2) is 0 Å². The first-order valence-corrected chi connectivity index (χ1v) is 6.56. The summed E-state index contributed by atoms with van der Waals surface area (Å²) in [5, 5.41) is 21.7. The van der Waals surface area contributed by atoms with Crippen molar-refractivity contribution in [1.82, 2.24) is 0 Å². The molecule has 0 radical (unpaired) electrons. The monoisotopic (exact) mass is 287 g/mol. The highest BCUT2D eigenvalue weighted by Gasteiger charge is 2.14. The van der Waals surface area contributed by atoms with Crippen LogP contribution in [-0.4, -0.2) is 22.2 Å². The van der Waals surface area contributed by atoms with Gasteiger partial charge in [-0.2, -0.15) is 0 Å². The van der Waals surface area contributed by atoms with Gasteiger partial charge in [-0.05, 0) is 50.2 Å². The lowest BCUT2D eigenvalue weighted by atomic mass is 10.1. The van der Waals surface area contributed by atoms with Gasteiger partial charge in [0, 0.05) is 5.69 Å². The maximum atomic E-state index is 12.0. The Hall–Kier alpha value is -2.69. The van der Waals surface area contributed by atoms with Gasteiger partial charge in [0.15, 0.2) is 11.5 Å². The largest absolute Gasteiger partial charge is 0.504 e. The van der Waals surface area contributed by atoms with Gasteiger partial charge in [0.05, 0.1) is 11.7 Å². The quantitative estimate of drug-likeness (QED) is 0.755. The normalized spacial score (nSPS) is 10.4. The van der Waals surface area contributed by atoms with Crippen molar-refractivity contribution in [2.24, 2.45) is 0 Å². The van der Waals surface area contributed by atoms with Gasteiger partial charge < -0.3 is 20.3 Å². The fraction of sp³-hybridized carbons (Fsp3) is 0.188. The molecule has 2 aromatic carbocycles. The van der Waals surface area contributed by atoms with Crippen LogP contribution in [0.3, 0.4) is 0 Å². The average Bonchev–Trinajstić information content (AvgIpc) is 2.43. The fourth-order valence-corrected chi connectivity index (χ4v) is 1.80. The summed E-state index contributed by atoms with van der Waals surface area (Å²) in [4.78, 5) is 12.0. The predicted molar refractivity (Wildman–Crippen MR) is 79.9 cm³/mol. The molecule has 2 aromatic rings. The van der Waals surface area contributed by atoms with Crippen molar-refractivity contribution < 1.29 is 19.7 Å². The number of phenolic OH excluding ortho intramolecular Hbond substituents is 2. The molecule has 5 nitrogen and oxygen atoms in total. The predicted octanol–water partition coefficient (Wildman–Crippen LogP) is 3.14. The van der Waals surface area contributed by atoms with Gasteiger partial charge in [0.2, 0.25) is 0 Å². The minimum Gasteiger partial charge on any atom is -0.504 e. The highest BCUT2D eigenvalue weighted by Crippen LogP contribution is 2.28. The molecular weight excluding hydrogens is 270 g/mol. The summed E-state index contributed by atoms with van der Waals surface area (Å²) < 4.78 is 5.51. The summed E-state index contributed by atoms with van der Waals surface area (Å²) >= 11 is 0. The Morgan fingerprint density at radius 3 is 2.38 bits per heavy atom. The third kappa shape index (κ3) is 3.66. The smallest absolute Gasteiger partial charge is 0.259 e. The van der Waals surface area contributed by atoms with Crippen LogP contribution in [-0.2, 0) is 0 Å². The fourth-order valence-electron chi connectivity index (χ4n) is 1.80. The van der Waals surface area contributed by atoms with Crippen LogP contribution in [0, 0.1) is 0 Å². The highest BCUT2D eigenvalue weighted by molar-refractivity contribution is 6.06. The Morgan fingerprint density at radius 1 is 1.10 bits per heavy atom. The van der Waals surface area contributed by atoms with E-state index in [1.807, 2.05) is 13.8 Å². The molecule has 3 N–H and O–H groups in total. The van der Waals surface area contributed by atoms with Gasteiger partial charge in [-0.15, -0.1) is 0 Å². The Balaban J connectivity index is 2.11. The second kappa shape index (κ2) is 6.17. The minimum absolute atomic E-state index is 0.0116. The Labute approximate surface area is 122 Å². The second-order valence-corrected chi connectivity index (χ2v) is 4.82. The van der Waals surface area contributed by atoms with Crippen LogP contribution < -0.4 is 10.1 Å². The molecule has 0 aromatic heterocycles. The number of carbonyl (C=O) groups excluding carboxylic acids is 1. The molecule has 0 aliphatic rings. The minimum atomic E-state index is -0.499. The van der Waals surface area contributed by atoms with Crippen LogP contribution in [0.2, 0.25) is 0 Å². The van der Waals surface area contributed by atoms with Crippen LogP contribution in [0.1, 0.15) is 24.2 Å². The van der Waals surface area contributed by atoms with Crippen LogP contribution in [0.4, 0.5) is 5.69 Å². The first kappa shape index (κ1) is 14.7. The van der Waals surface area contributed by atoms with Crippen molar-refractivity contribution in [3.63, 3.8) is 0 Å². The molecule has 0 heterocycles. The van der Waals surface area contributed by atoms with E-state index in [0.29, 0.717) is 11.4 Å². The van der Waals surface area contributed by atoms with E-state index in [0.717, 1.165) is 0 Å². The maximum Gasteiger partial charge on any atom is 0.259 e. The third-order valence-electron chi connectivity index (χ3n) is 2.74. The number of amides is 1. The first-order valence-electron chi connectivity index (χ1n) is 6.56. The van der Waals surface area contributed by atoms with Gasteiger partial charge >= 0.3 is 0 Å². The van der Waals surface area contributed by atoms with Crippen molar-refractivity contribution >= 4 is 11.6 Å². The SMILES string of the molecule is CC(C)Oc1ccc(NC(=O)c2cccc(O)c2O)cc1. The van der Waals surface area contributed by atoms with E-state index in [4.69, 9.17) is 4.74 Å². The number of ether oxygens (including phenoxy) is 1. The molecule has 110 valence electrons. The van der Waals surface area contributed by atoms with E-state index < -0.39 is 11.7 Å². The summed E-state index contributed by atoms with van der Waals surface area (Å²) in [6.45, 7) is 3.86. The summed E-state index contributed by atoms with van der Waals surface area (Å²) in [6.07, 6.45) is 0.0784. The molecule has 0 atom stereocenters. The van der Waals surface area contributed by atoms with Crippen molar-refractivity contribution in [3.8, 4) is 17.2 Å². The molecule has 5 heteroatoms. The summed E-state index contributed by atoms with van der Waals surface area (Å²) in [5.74, 6) is -0.553. The van der Waals surface area contributed by atoms with E-state index >= 15 is 0 Å². The number of hydrogen-bond donors (Lipinski definition) is 3. The molecule has 0 saturated carbocycles. The Morgan fingerprint density at radius 2 is 1.76 bits per heavy atom. The zero-order chi connectivity index (χ0) is 15.4. The van der Waals surface area contributed by atoms with Crippen molar-refractivity contribution in [2.75, 3.05) is 5.32 Å². The molecule has 0 unspecified atom stereocenters. The van der Waals surface area contributed by atoms with Crippen molar-refractivity contribution in [3.05, 3.63) is 48.0 Å².